The van der Waals surface area contributed by atoms with Crippen LogP contribution >= 0.6 is 11.6 Å². The van der Waals surface area contributed by atoms with Crippen molar-refractivity contribution >= 4 is 23.3 Å². The number of hydrogen-bond donors (Lipinski definition) is 1. The molecule has 0 saturated heterocycles. The first-order valence-electron chi connectivity index (χ1n) is 9.19. The molecular formula is C22H20ClN3O2. The van der Waals surface area contributed by atoms with Crippen LogP contribution in [0.1, 0.15) is 11.1 Å². The minimum atomic E-state index is -0.110. The zero-order chi connectivity index (χ0) is 19.3. The quantitative estimate of drug-likeness (QED) is 0.668. The largest absolute Gasteiger partial charge is 0.439 e. The van der Waals surface area contributed by atoms with Crippen LogP contribution in [-0.4, -0.2) is 29.0 Å². The Morgan fingerprint density at radius 1 is 0.964 bits per heavy atom. The molecule has 2 amide bonds. The topological polar surface area (TPSA) is 54.5 Å². The summed E-state index contributed by atoms with van der Waals surface area (Å²) in [6, 6.07) is 18.8. The normalized spacial score (nSPS) is 13.4. The molecule has 28 heavy (non-hydrogen) atoms. The van der Waals surface area contributed by atoms with E-state index in [2.05, 4.69) is 22.4 Å². The molecule has 1 aromatic heterocycles. The molecule has 1 aliphatic rings. The highest BCUT2D eigenvalue weighted by Gasteiger charge is 2.18. The molecule has 0 spiro atoms. The summed E-state index contributed by atoms with van der Waals surface area (Å²) in [7, 11) is 0. The zero-order valence-corrected chi connectivity index (χ0v) is 16.0. The van der Waals surface area contributed by atoms with Crippen molar-refractivity contribution in [3.8, 4) is 11.6 Å². The summed E-state index contributed by atoms with van der Waals surface area (Å²) in [5.74, 6) is 1.10. The predicted octanol–water partition coefficient (Wildman–Crippen LogP) is 5.16. The van der Waals surface area contributed by atoms with Crippen LogP contribution in [0.25, 0.3) is 0 Å². The van der Waals surface area contributed by atoms with Crippen molar-refractivity contribution in [2.75, 3.05) is 18.4 Å². The van der Waals surface area contributed by atoms with Crippen molar-refractivity contribution in [3.63, 3.8) is 0 Å². The minimum absolute atomic E-state index is 0.110. The molecule has 3 aromatic rings. The summed E-state index contributed by atoms with van der Waals surface area (Å²) in [5.41, 5.74) is 3.28. The molecule has 0 bridgehead atoms. The molecule has 5 nitrogen and oxygen atoms in total. The van der Waals surface area contributed by atoms with Gasteiger partial charge >= 0.3 is 6.03 Å². The molecule has 2 aromatic carbocycles. The summed E-state index contributed by atoms with van der Waals surface area (Å²) >= 11 is 5.87. The Labute approximate surface area is 168 Å². The number of aromatic nitrogens is 1. The summed E-state index contributed by atoms with van der Waals surface area (Å²) in [5, 5.41) is 3.56. The van der Waals surface area contributed by atoms with Crippen LogP contribution in [0.5, 0.6) is 11.6 Å². The molecule has 1 aliphatic heterocycles. The second-order valence-corrected chi connectivity index (χ2v) is 7.06. The van der Waals surface area contributed by atoms with E-state index in [4.69, 9.17) is 16.3 Å². The number of hydrogen-bond acceptors (Lipinski definition) is 3. The molecule has 1 N–H and O–H groups in total. The van der Waals surface area contributed by atoms with Gasteiger partial charge in [-0.2, -0.15) is 0 Å². The SMILES string of the molecule is O=C(Nc1ccc(Oc2ccc(Cl)cc2)nc1)N1CCc2ccccc2CC1. The fourth-order valence-electron chi connectivity index (χ4n) is 3.21. The first-order valence-corrected chi connectivity index (χ1v) is 9.57. The Balaban J connectivity index is 1.35. The van der Waals surface area contributed by atoms with Gasteiger partial charge in [0.25, 0.3) is 0 Å². The molecule has 0 unspecified atom stereocenters. The van der Waals surface area contributed by atoms with Crippen LogP contribution in [0.2, 0.25) is 5.02 Å². The van der Waals surface area contributed by atoms with Crippen LogP contribution < -0.4 is 10.1 Å². The van der Waals surface area contributed by atoms with Crippen LogP contribution in [0.4, 0.5) is 10.5 Å². The highest BCUT2D eigenvalue weighted by Crippen LogP contribution is 2.22. The molecule has 0 radical (unpaired) electrons. The molecule has 142 valence electrons. The third kappa shape index (κ3) is 4.43. The Morgan fingerprint density at radius 3 is 2.25 bits per heavy atom. The van der Waals surface area contributed by atoms with E-state index < -0.39 is 0 Å². The fourth-order valence-corrected chi connectivity index (χ4v) is 3.34. The number of amides is 2. The van der Waals surface area contributed by atoms with Gasteiger partial charge in [-0.1, -0.05) is 35.9 Å². The first kappa shape index (κ1) is 18.3. The number of fused-ring (bicyclic) bond motifs is 1. The average molecular weight is 394 g/mol. The van der Waals surface area contributed by atoms with Gasteiger partial charge in [0.2, 0.25) is 5.88 Å². The third-order valence-electron chi connectivity index (χ3n) is 4.73. The van der Waals surface area contributed by atoms with Crippen molar-refractivity contribution in [1.29, 1.82) is 0 Å². The Kier molecular flexibility index (Phi) is 5.44. The number of ether oxygens (including phenoxy) is 1. The molecule has 0 atom stereocenters. The van der Waals surface area contributed by atoms with Crippen LogP contribution in [-0.2, 0) is 12.8 Å². The minimum Gasteiger partial charge on any atom is -0.439 e. The molecular weight excluding hydrogens is 374 g/mol. The monoisotopic (exact) mass is 393 g/mol. The van der Waals surface area contributed by atoms with Gasteiger partial charge in [0, 0.05) is 24.2 Å². The standard InChI is InChI=1S/C22H20ClN3O2/c23-18-5-8-20(9-6-18)28-21-10-7-19(15-24-21)25-22(27)26-13-11-16-3-1-2-4-17(16)12-14-26/h1-10,15H,11-14H2,(H,25,27). The second kappa shape index (κ2) is 8.31. The van der Waals surface area contributed by atoms with E-state index >= 15 is 0 Å². The number of nitrogens with one attached hydrogen (secondary N) is 1. The van der Waals surface area contributed by atoms with Crippen molar-refractivity contribution in [2.45, 2.75) is 12.8 Å². The number of anilines is 1. The van der Waals surface area contributed by atoms with Crippen molar-refractivity contribution in [3.05, 3.63) is 83.0 Å². The third-order valence-corrected chi connectivity index (χ3v) is 4.98. The molecule has 4 rings (SSSR count). The number of benzene rings is 2. The Bertz CT molecular complexity index is 931. The summed E-state index contributed by atoms with van der Waals surface area (Å²) in [6.45, 7) is 1.40. The van der Waals surface area contributed by atoms with E-state index in [0.29, 0.717) is 35.4 Å². The van der Waals surface area contributed by atoms with E-state index in [9.17, 15) is 4.79 Å². The predicted molar refractivity (Wildman–Crippen MR) is 110 cm³/mol. The summed E-state index contributed by atoms with van der Waals surface area (Å²) in [6.07, 6.45) is 3.33. The van der Waals surface area contributed by atoms with Gasteiger partial charge < -0.3 is 15.0 Å². The highest BCUT2D eigenvalue weighted by molar-refractivity contribution is 6.30. The van der Waals surface area contributed by atoms with Gasteiger partial charge in [0.1, 0.15) is 5.75 Å². The van der Waals surface area contributed by atoms with Crippen LogP contribution in [0, 0.1) is 0 Å². The van der Waals surface area contributed by atoms with E-state index in [1.165, 1.54) is 11.1 Å². The number of carbonyl (C=O) groups is 1. The molecule has 0 fully saturated rings. The second-order valence-electron chi connectivity index (χ2n) is 6.63. The number of halogens is 1. The van der Waals surface area contributed by atoms with Gasteiger partial charge in [-0.05, 0) is 54.3 Å². The number of pyridine rings is 1. The van der Waals surface area contributed by atoms with Gasteiger partial charge in [0.05, 0.1) is 11.9 Å². The van der Waals surface area contributed by atoms with Crippen LogP contribution in [0.3, 0.4) is 0 Å². The van der Waals surface area contributed by atoms with E-state index in [1.54, 1.807) is 42.6 Å². The molecule has 0 aliphatic carbocycles. The van der Waals surface area contributed by atoms with Gasteiger partial charge in [-0.25, -0.2) is 9.78 Å². The summed E-state index contributed by atoms with van der Waals surface area (Å²) in [4.78, 5) is 18.7. The van der Waals surface area contributed by atoms with Crippen LogP contribution in [0.15, 0.2) is 66.9 Å². The van der Waals surface area contributed by atoms with Crippen molar-refractivity contribution < 1.29 is 9.53 Å². The van der Waals surface area contributed by atoms with Gasteiger partial charge in [-0.3, -0.25) is 0 Å². The highest BCUT2D eigenvalue weighted by atomic mass is 35.5. The Hall–Kier alpha value is -3.05. The summed E-state index contributed by atoms with van der Waals surface area (Å²) < 4.78 is 5.67. The zero-order valence-electron chi connectivity index (χ0n) is 15.3. The number of carbonyl (C=O) groups excluding carboxylic acids is 1. The Morgan fingerprint density at radius 2 is 1.64 bits per heavy atom. The van der Waals surface area contributed by atoms with E-state index in [-0.39, 0.29) is 6.03 Å². The van der Waals surface area contributed by atoms with Crippen molar-refractivity contribution in [2.24, 2.45) is 0 Å². The number of urea groups is 1. The first-order chi connectivity index (χ1) is 13.7. The number of nitrogens with zero attached hydrogens (tertiary/aromatic N) is 2. The fraction of sp³-hybridized carbons (Fsp3) is 0.182. The van der Waals surface area contributed by atoms with E-state index in [1.807, 2.05) is 17.0 Å². The van der Waals surface area contributed by atoms with Gasteiger partial charge in [0.15, 0.2) is 0 Å². The lowest BCUT2D eigenvalue weighted by molar-refractivity contribution is 0.214. The smallest absolute Gasteiger partial charge is 0.321 e. The molecule has 0 saturated carbocycles. The average Bonchev–Trinajstić information content (AvgIpc) is 2.94. The van der Waals surface area contributed by atoms with Gasteiger partial charge in [-0.15, -0.1) is 0 Å². The maximum Gasteiger partial charge on any atom is 0.321 e. The molecule has 6 heteroatoms. The maximum absolute atomic E-state index is 12.6. The van der Waals surface area contributed by atoms with E-state index in [0.717, 1.165) is 12.8 Å². The lowest BCUT2D eigenvalue weighted by Crippen LogP contribution is -2.36. The van der Waals surface area contributed by atoms with Crippen molar-refractivity contribution in [1.82, 2.24) is 9.88 Å². The molecule has 2 heterocycles. The maximum atomic E-state index is 12.6. The lowest BCUT2D eigenvalue weighted by atomic mass is 10.0. The number of rotatable bonds is 3. The lowest BCUT2D eigenvalue weighted by Gasteiger charge is -2.20.